The van der Waals surface area contributed by atoms with E-state index in [0.29, 0.717) is 17.8 Å². The second-order valence-electron chi connectivity index (χ2n) is 15.4. The summed E-state index contributed by atoms with van der Waals surface area (Å²) in [6, 6.07) is 12.1. The summed E-state index contributed by atoms with van der Waals surface area (Å²) >= 11 is 5.55. The maximum absolute atomic E-state index is 13.3. The van der Waals surface area contributed by atoms with Crippen LogP contribution in [0.2, 0.25) is 0 Å². The topological polar surface area (TPSA) is 184 Å². The van der Waals surface area contributed by atoms with Gasteiger partial charge in [0.05, 0.1) is 35.9 Å². The van der Waals surface area contributed by atoms with Crippen molar-refractivity contribution in [1.29, 1.82) is 0 Å². The number of unbranched alkanes of at least 4 members (excludes halogenated alkanes) is 11. The molecule has 0 aliphatic carbocycles. The van der Waals surface area contributed by atoms with E-state index in [2.05, 4.69) is 33.5 Å². The molecule has 328 valence electrons. The second kappa shape index (κ2) is 27.2. The molecule has 60 heavy (non-hydrogen) atoms. The van der Waals surface area contributed by atoms with Gasteiger partial charge < -0.3 is 30.7 Å². The van der Waals surface area contributed by atoms with Crippen molar-refractivity contribution in [3.05, 3.63) is 59.7 Å². The van der Waals surface area contributed by atoms with E-state index in [4.69, 9.17) is 21.7 Å². The molecule has 2 aliphatic heterocycles. The van der Waals surface area contributed by atoms with E-state index in [9.17, 15) is 28.8 Å². The fourth-order valence-electron chi connectivity index (χ4n) is 7.27. The molecule has 4 rings (SSSR count). The number of rotatable bonds is 30. The molecular weight excluding hydrogens is 785 g/mol. The van der Waals surface area contributed by atoms with Crippen LogP contribution in [-0.4, -0.2) is 90.5 Å². The molecule has 5 N–H and O–H groups in total. The van der Waals surface area contributed by atoms with Crippen LogP contribution in [0.1, 0.15) is 143 Å². The van der Waals surface area contributed by atoms with Gasteiger partial charge in [0.15, 0.2) is 0 Å². The van der Waals surface area contributed by atoms with Crippen molar-refractivity contribution >= 4 is 64.0 Å². The van der Waals surface area contributed by atoms with E-state index < -0.39 is 35.7 Å². The van der Waals surface area contributed by atoms with Crippen molar-refractivity contribution in [2.45, 2.75) is 135 Å². The molecule has 0 aromatic heterocycles. The first-order valence-corrected chi connectivity index (χ1v) is 22.3. The number of carbonyl (C=O) groups is 6. The summed E-state index contributed by atoms with van der Waals surface area (Å²) in [5.41, 5.74) is 1.33. The minimum absolute atomic E-state index is 0.000893. The van der Waals surface area contributed by atoms with Crippen molar-refractivity contribution in [2.75, 3.05) is 43.7 Å². The number of para-hydroxylation sites is 1. The summed E-state index contributed by atoms with van der Waals surface area (Å²) in [5, 5.41) is 14.3. The lowest BCUT2D eigenvalue weighted by molar-refractivity contribution is -0.136. The third kappa shape index (κ3) is 16.4. The average molecular weight is 849 g/mol. The number of imide groups is 2. The molecule has 0 radical (unpaired) electrons. The van der Waals surface area contributed by atoms with E-state index >= 15 is 0 Å². The Labute approximate surface area is 360 Å². The van der Waals surface area contributed by atoms with Crippen molar-refractivity contribution in [3.8, 4) is 0 Å². The first kappa shape index (κ1) is 47.9. The van der Waals surface area contributed by atoms with Crippen LogP contribution in [0.4, 0.5) is 11.4 Å². The van der Waals surface area contributed by atoms with Crippen molar-refractivity contribution in [3.63, 3.8) is 0 Å². The molecule has 0 saturated carbocycles. The van der Waals surface area contributed by atoms with Crippen molar-refractivity contribution in [1.82, 2.24) is 20.9 Å². The average Bonchev–Trinajstić information content (AvgIpc) is 3.49. The van der Waals surface area contributed by atoms with Gasteiger partial charge in [-0.15, -0.1) is 0 Å². The fourth-order valence-corrected chi connectivity index (χ4v) is 7.52. The number of anilines is 2. The van der Waals surface area contributed by atoms with Crippen LogP contribution in [-0.2, 0) is 28.7 Å². The number of ether oxygens (including phenoxy) is 2. The summed E-state index contributed by atoms with van der Waals surface area (Å²) < 4.78 is 11.2. The van der Waals surface area contributed by atoms with Gasteiger partial charge in [-0.25, -0.2) is 0 Å². The van der Waals surface area contributed by atoms with Crippen LogP contribution < -0.4 is 26.6 Å². The zero-order chi connectivity index (χ0) is 43.0. The first-order chi connectivity index (χ1) is 29.2. The summed E-state index contributed by atoms with van der Waals surface area (Å²) in [6.07, 6.45) is 17.4. The number of hydrogen-bond acceptors (Lipinski definition) is 10. The van der Waals surface area contributed by atoms with E-state index in [-0.39, 0.29) is 68.8 Å². The molecular formula is C45H64N6O8S. The Morgan fingerprint density at radius 2 is 1.50 bits per heavy atom. The van der Waals surface area contributed by atoms with E-state index in [0.717, 1.165) is 42.1 Å². The predicted molar refractivity (Wildman–Crippen MR) is 236 cm³/mol. The summed E-state index contributed by atoms with van der Waals surface area (Å²) in [6.45, 7) is 3.46. The molecule has 2 aliphatic rings. The number of amides is 6. The molecule has 6 amide bonds. The van der Waals surface area contributed by atoms with Gasteiger partial charge >= 0.3 is 0 Å². The molecule has 15 heteroatoms. The van der Waals surface area contributed by atoms with Crippen LogP contribution >= 0.6 is 12.2 Å². The number of nitrogens with one attached hydrogen (secondary N) is 5. The van der Waals surface area contributed by atoms with Gasteiger partial charge in [-0.1, -0.05) is 108 Å². The lowest BCUT2D eigenvalue weighted by Gasteiger charge is -2.27. The quantitative estimate of drug-likeness (QED) is 0.0241. The van der Waals surface area contributed by atoms with Crippen molar-refractivity contribution in [2.24, 2.45) is 0 Å². The molecule has 0 spiro atoms. The summed E-state index contributed by atoms with van der Waals surface area (Å²) in [4.78, 5) is 78.2. The highest BCUT2D eigenvalue weighted by atomic mass is 32.1. The van der Waals surface area contributed by atoms with Gasteiger partial charge in [-0.2, -0.15) is 0 Å². The van der Waals surface area contributed by atoms with Crippen LogP contribution in [0.25, 0.3) is 0 Å². The Morgan fingerprint density at radius 1 is 0.800 bits per heavy atom. The normalized spacial score (nSPS) is 15.3. The molecule has 1 saturated heterocycles. The number of carbonyl (C=O) groups excluding carboxylic acids is 6. The third-order valence-corrected chi connectivity index (χ3v) is 11.0. The third-order valence-electron chi connectivity index (χ3n) is 10.6. The molecule has 2 aromatic carbocycles. The first-order valence-electron chi connectivity index (χ1n) is 21.9. The monoisotopic (exact) mass is 848 g/mol. The van der Waals surface area contributed by atoms with Gasteiger partial charge in [0.2, 0.25) is 23.6 Å². The molecule has 2 aromatic rings. The Morgan fingerprint density at radius 3 is 2.22 bits per heavy atom. The van der Waals surface area contributed by atoms with E-state index in [1.165, 1.54) is 70.3 Å². The Balaban J connectivity index is 1.09. The highest BCUT2D eigenvalue weighted by Crippen LogP contribution is 2.32. The standard InChI is InChI=1S/C45H64N6O8S/c1-2-3-4-5-6-7-8-9-10-11-15-24-40(60)46-28-17-16-22-36(42(54)48-33-19-13-12-14-20-33)49-39(53)27-29-58-30-31-59-32-47-35-23-18-21-34-41(35)45(57)51(44(34)56)37-25-26-38(52)50-43(37)55/h12-14,18-21,23,36-37,47H,2-11,15-17,22,24-32H2,1H3,(H,46,60)(H,48,54)(H,49,53)(H,50,52,55)/t36-,37?/m0/s1. The highest BCUT2D eigenvalue weighted by Gasteiger charge is 2.45. The minimum Gasteiger partial charge on any atom is -0.380 e. The number of thiocarbonyl (C=S) groups is 1. The maximum Gasteiger partial charge on any atom is 0.264 e. The second-order valence-corrected chi connectivity index (χ2v) is 15.9. The number of fused-ring (bicyclic) bond motifs is 1. The van der Waals surface area contributed by atoms with Crippen molar-refractivity contribution < 1.29 is 38.2 Å². The Kier molecular flexibility index (Phi) is 21.7. The van der Waals surface area contributed by atoms with Crippen LogP contribution in [0.5, 0.6) is 0 Å². The van der Waals surface area contributed by atoms with E-state index in [1.807, 2.05) is 18.2 Å². The molecule has 14 nitrogen and oxygen atoms in total. The Hall–Kier alpha value is -4.73. The maximum atomic E-state index is 13.3. The smallest absolute Gasteiger partial charge is 0.264 e. The lowest BCUT2D eigenvalue weighted by atomic mass is 10.0. The number of hydrogen-bond donors (Lipinski definition) is 5. The number of nitrogens with zero attached hydrogens (tertiary/aromatic N) is 1. The number of piperidine rings is 1. The zero-order valence-electron chi connectivity index (χ0n) is 35.2. The van der Waals surface area contributed by atoms with Crippen LogP contribution in [0.3, 0.4) is 0 Å². The molecule has 2 atom stereocenters. The fraction of sp³-hybridized carbons (Fsp3) is 0.578. The van der Waals surface area contributed by atoms with Gasteiger partial charge in [0.1, 0.15) is 18.8 Å². The number of benzene rings is 2. The molecule has 1 unspecified atom stereocenters. The zero-order valence-corrected chi connectivity index (χ0v) is 36.0. The Bertz CT molecular complexity index is 1730. The molecule has 2 heterocycles. The summed E-state index contributed by atoms with van der Waals surface area (Å²) in [7, 11) is 0. The predicted octanol–water partition coefficient (Wildman–Crippen LogP) is 6.79. The molecule has 1 fully saturated rings. The van der Waals surface area contributed by atoms with Crippen LogP contribution in [0, 0.1) is 0 Å². The minimum atomic E-state index is -1.05. The summed E-state index contributed by atoms with van der Waals surface area (Å²) in [5.74, 6) is -2.90. The van der Waals surface area contributed by atoms with Gasteiger partial charge in [-0.05, 0) is 62.8 Å². The van der Waals surface area contributed by atoms with Gasteiger partial charge in [0, 0.05) is 30.8 Å². The lowest BCUT2D eigenvalue weighted by Crippen LogP contribution is -2.54. The largest absolute Gasteiger partial charge is 0.380 e. The highest BCUT2D eigenvalue weighted by molar-refractivity contribution is 7.80. The molecule has 0 bridgehead atoms. The van der Waals surface area contributed by atoms with E-state index in [1.54, 1.807) is 24.3 Å². The SMILES string of the molecule is CCCCCCCCCCCCCC(=S)NCCCC[C@H](NC(=O)CCOCCOCNc1cccc2c1C(=O)N(C1CCC(=O)NC1=O)C2=O)C(=O)Nc1ccccc1. The van der Waals surface area contributed by atoms with Crippen LogP contribution in [0.15, 0.2) is 48.5 Å². The van der Waals surface area contributed by atoms with Gasteiger partial charge in [-0.3, -0.25) is 39.0 Å². The van der Waals surface area contributed by atoms with Gasteiger partial charge in [0.25, 0.3) is 11.8 Å².